The van der Waals surface area contributed by atoms with E-state index in [2.05, 4.69) is 9.97 Å². The van der Waals surface area contributed by atoms with Gasteiger partial charge in [0.2, 0.25) is 5.78 Å². The number of nitriles is 1. The molecular weight excluding hydrogens is 422 g/mol. The monoisotopic (exact) mass is 433 g/mol. The van der Waals surface area contributed by atoms with Gasteiger partial charge in [-0.1, -0.05) is 18.2 Å². The van der Waals surface area contributed by atoms with Gasteiger partial charge in [-0.2, -0.15) is 5.26 Å². The van der Waals surface area contributed by atoms with Gasteiger partial charge in [-0.3, -0.25) is 25.0 Å². The number of aromatic nitrogens is 2. The number of allylic oxidation sites excluding steroid dienone is 1. The maximum atomic E-state index is 12.6. The van der Waals surface area contributed by atoms with Crippen LogP contribution in [0, 0.1) is 31.6 Å². The van der Waals surface area contributed by atoms with Crippen LogP contribution in [0.3, 0.4) is 0 Å². The van der Waals surface area contributed by atoms with Crippen molar-refractivity contribution >= 4 is 35.0 Å². The van der Waals surface area contributed by atoms with Gasteiger partial charge in [-0.25, -0.2) is 9.97 Å². The second-order valence-corrected chi connectivity index (χ2v) is 6.93. The molecule has 0 spiro atoms. The van der Waals surface area contributed by atoms with Gasteiger partial charge < -0.3 is 0 Å². The van der Waals surface area contributed by atoms with E-state index in [1.165, 1.54) is 54.9 Å². The smallest absolute Gasteiger partial charge is 0.283 e. The molecule has 1 heterocycles. The number of hydrogen-bond donors (Lipinski definition) is 0. The molecule has 3 rings (SSSR count). The van der Waals surface area contributed by atoms with Crippen LogP contribution < -0.4 is 0 Å². The number of nitro benzene ring substituents is 2. The third kappa shape index (κ3) is 5.14. The third-order valence-corrected chi connectivity index (χ3v) is 4.88. The molecule has 2 aromatic carbocycles. The first-order valence-corrected chi connectivity index (χ1v) is 9.35. The minimum atomic E-state index is -0.731. The highest BCUT2D eigenvalue weighted by Crippen LogP contribution is 2.34. The molecule has 0 atom stereocenters. The summed E-state index contributed by atoms with van der Waals surface area (Å²) < 4.78 is 0. The van der Waals surface area contributed by atoms with E-state index in [4.69, 9.17) is 0 Å². The summed E-state index contributed by atoms with van der Waals surface area (Å²) >= 11 is 1.00. The quantitative estimate of drug-likeness (QED) is 0.133. The summed E-state index contributed by atoms with van der Waals surface area (Å²) in [5, 5.41) is 32.1. The second-order valence-electron chi connectivity index (χ2n) is 5.92. The predicted molar refractivity (Wildman–Crippen MR) is 110 cm³/mol. The molecule has 0 saturated carbocycles. The molecule has 0 fully saturated rings. The van der Waals surface area contributed by atoms with Gasteiger partial charge in [0, 0.05) is 36.2 Å². The number of hydrogen-bond acceptors (Lipinski definition) is 9. The van der Waals surface area contributed by atoms with Crippen molar-refractivity contribution in [1.29, 1.82) is 5.26 Å². The Kier molecular flexibility index (Phi) is 6.44. The van der Waals surface area contributed by atoms with Crippen LogP contribution in [-0.2, 0) is 0 Å². The first-order valence-electron chi connectivity index (χ1n) is 8.53. The maximum Gasteiger partial charge on any atom is 0.283 e. The fraction of sp³-hybridized carbons (Fsp3) is 0. The minimum absolute atomic E-state index is 0.0371. The molecule has 0 radical (unpaired) electrons. The van der Waals surface area contributed by atoms with Crippen molar-refractivity contribution in [3.8, 4) is 6.07 Å². The lowest BCUT2D eigenvalue weighted by atomic mass is 10.0. The zero-order chi connectivity index (χ0) is 22.4. The van der Waals surface area contributed by atoms with Gasteiger partial charge in [-0.05, 0) is 35.5 Å². The van der Waals surface area contributed by atoms with E-state index < -0.39 is 15.6 Å². The van der Waals surface area contributed by atoms with E-state index in [9.17, 15) is 30.3 Å². The zero-order valence-electron chi connectivity index (χ0n) is 15.5. The number of nitro groups is 2. The Balaban J connectivity index is 1.95. The third-order valence-electron chi connectivity index (χ3n) is 3.92. The van der Waals surface area contributed by atoms with E-state index in [-0.39, 0.29) is 33.0 Å². The minimum Gasteiger partial charge on any atom is -0.288 e. The SMILES string of the molecule is N#CC(=Cc1ccc(Sc2ncccn2)c([N+](=O)[O-])c1)C(=O)c1cccc([N+](=O)[O-])c1. The summed E-state index contributed by atoms with van der Waals surface area (Å²) in [6.07, 6.45) is 4.22. The lowest BCUT2D eigenvalue weighted by Gasteiger charge is -2.04. The Morgan fingerprint density at radius 1 is 1.03 bits per heavy atom. The molecule has 10 nitrogen and oxygen atoms in total. The fourth-order valence-electron chi connectivity index (χ4n) is 2.52. The highest BCUT2D eigenvalue weighted by atomic mass is 32.2. The van der Waals surface area contributed by atoms with Crippen LogP contribution in [0.5, 0.6) is 0 Å². The summed E-state index contributed by atoms with van der Waals surface area (Å²) in [6, 6.07) is 12.5. The van der Waals surface area contributed by atoms with Gasteiger partial charge in [-0.15, -0.1) is 0 Å². The lowest BCUT2D eigenvalue weighted by Crippen LogP contribution is -2.03. The van der Waals surface area contributed by atoms with Gasteiger partial charge >= 0.3 is 0 Å². The standard InChI is InChI=1S/C20H11N5O5S/c21-12-15(19(26)14-3-1-4-16(11-14)24(27)28)9-13-5-6-18(17(10-13)25(29)30)31-20-22-7-2-8-23-20/h1-11H. The van der Waals surface area contributed by atoms with Crippen LogP contribution in [-0.4, -0.2) is 25.6 Å². The molecular formula is C20H11N5O5S. The van der Waals surface area contributed by atoms with Crippen molar-refractivity contribution in [1.82, 2.24) is 9.97 Å². The Labute approximate surface area is 179 Å². The average molecular weight is 433 g/mol. The number of ketones is 1. The molecule has 3 aromatic rings. The summed E-state index contributed by atoms with van der Waals surface area (Å²) in [5.74, 6) is -0.731. The van der Waals surface area contributed by atoms with Gasteiger partial charge in [0.1, 0.15) is 11.6 Å². The van der Waals surface area contributed by atoms with Crippen LogP contribution in [0.15, 0.2) is 76.5 Å². The zero-order valence-corrected chi connectivity index (χ0v) is 16.4. The lowest BCUT2D eigenvalue weighted by molar-refractivity contribution is -0.387. The molecule has 0 N–H and O–H groups in total. The summed E-state index contributed by atoms with van der Waals surface area (Å²) in [5.41, 5.74) is -0.638. The molecule has 0 aliphatic heterocycles. The molecule has 31 heavy (non-hydrogen) atoms. The van der Waals surface area contributed by atoms with Crippen molar-refractivity contribution in [2.24, 2.45) is 0 Å². The summed E-state index contributed by atoms with van der Waals surface area (Å²) in [6.45, 7) is 0. The molecule has 11 heteroatoms. The number of rotatable bonds is 7. The van der Waals surface area contributed by atoms with Crippen molar-refractivity contribution in [2.75, 3.05) is 0 Å². The number of carbonyl (C=O) groups is 1. The number of benzene rings is 2. The number of carbonyl (C=O) groups excluding carboxylic acids is 1. The van der Waals surface area contributed by atoms with Crippen LogP contribution in [0.25, 0.3) is 6.08 Å². The highest BCUT2D eigenvalue weighted by Gasteiger charge is 2.19. The molecule has 1 aromatic heterocycles. The number of Topliss-reactive ketones (excluding diaryl/α,β-unsaturated/α-hetero) is 1. The van der Waals surface area contributed by atoms with Crippen LogP contribution in [0.1, 0.15) is 15.9 Å². The Morgan fingerprint density at radius 2 is 1.77 bits per heavy atom. The Bertz CT molecular complexity index is 1250. The van der Waals surface area contributed by atoms with Crippen molar-refractivity contribution < 1.29 is 14.6 Å². The van der Waals surface area contributed by atoms with Crippen LogP contribution >= 0.6 is 11.8 Å². The van der Waals surface area contributed by atoms with E-state index >= 15 is 0 Å². The molecule has 0 unspecified atom stereocenters. The van der Waals surface area contributed by atoms with Gasteiger partial charge in [0.25, 0.3) is 11.4 Å². The highest BCUT2D eigenvalue weighted by molar-refractivity contribution is 7.99. The Morgan fingerprint density at radius 3 is 2.42 bits per heavy atom. The van der Waals surface area contributed by atoms with E-state index in [1.54, 1.807) is 12.1 Å². The van der Waals surface area contributed by atoms with Crippen molar-refractivity contribution in [3.05, 3.63) is 97.9 Å². The van der Waals surface area contributed by atoms with Crippen molar-refractivity contribution in [2.45, 2.75) is 10.1 Å². The van der Waals surface area contributed by atoms with E-state index in [0.29, 0.717) is 5.16 Å². The predicted octanol–water partition coefficient (Wildman–Crippen LogP) is 4.23. The molecule has 0 bridgehead atoms. The normalized spacial score (nSPS) is 10.9. The molecule has 0 aliphatic carbocycles. The first kappa shape index (κ1) is 21.3. The summed E-state index contributed by atoms with van der Waals surface area (Å²) in [4.78, 5) is 42.1. The average Bonchev–Trinajstić information content (AvgIpc) is 2.78. The Hall–Kier alpha value is -4.43. The number of non-ortho nitro benzene ring substituents is 1. The van der Waals surface area contributed by atoms with Gasteiger partial charge in [0.15, 0.2) is 5.16 Å². The molecule has 0 amide bonds. The van der Waals surface area contributed by atoms with Crippen molar-refractivity contribution in [3.63, 3.8) is 0 Å². The fourth-order valence-corrected chi connectivity index (χ4v) is 3.32. The number of nitrogens with zero attached hydrogens (tertiary/aromatic N) is 5. The largest absolute Gasteiger partial charge is 0.288 e. The second kappa shape index (κ2) is 9.38. The van der Waals surface area contributed by atoms with Gasteiger partial charge in [0.05, 0.1) is 14.7 Å². The van der Waals surface area contributed by atoms with Crippen LogP contribution in [0.2, 0.25) is 0 Å². The maximum absolute atomic E-state index is 12.6. The molecule has 0 saturated heterocycles. The first-order chi connectivity index (χ1) is 14.9. The van der Waals surface area contributed by atoms with E-state index in [1.807, 2.05) is 0 Å². The molecule has 152 valence electrons. The summed E-state index contributed by atoms with van der Waals surface area (Å²) in [7, 11) is 0. The topological polar surface area (TPSA) is 153 Å². The van der Waals surface area contributed by atoms with Crippen LogP contribution in [0.4, 0.5) is 11.4 Å². The molecule has 0 aliphatic rings. The van der Waals surface area contributed by atoms with E-state index in [0.717, 1.165) is 17.8 Å².